The third-order valence-corrected chi connectivity index (χ3v) is 8.34. The summed E-state index contributed by atoms with van der Waals surface area (Å²) in [7, 11) is 0. The van der Waals surface area contributed by atoms with Crippen molar-refractivity contribution in [2.24, 2.45) is 5.73 Å². The molecule has 0 spiro atoms. The van der Waals surface area contributed by atoms with E-state index in [4.69, 9.17) is 5.73 Å². The number of hydrogen-bond acceptors (Lipinski definition) is 7. The third kappa shape index (κ3) is 5.01. The first-order valence-electron chi connectivity index (χ1n) is 14.1. The number of nitrogens with zero attached hydrogens (tertiary/aromatic N) is 6. The SMILES string of the molecule is CC(C)(O)Cn1nnc2cc(-c3ccc(C(=O)N4[C@@H]5CC[C@H]4CC(N)C5)cc3-c3ccc(C#N)c(F)c3)c(F)c(C#N)c21. The van der Waals surface area contributed by atoms with Gasteiger partial charge < -0.3 is 15.7 Å². The van der Waals surface area contributed by atoms with Crippen LogP contribution >= 0.6 is 0 Å². The second-order valence-corrected chi connectivity index (χ2v) is 12.0. The van der Waals surface area contributed by atoms with E-state index in [2.05, 4.69) is 10.3 Å². The van der Waals surface area contributed by atoms with Crippen LogP contribution in [0.1, 0.15) is 61.0 Å². The normalized spacial score (nSPS) is 19.8. The lowest BCUT2D eigenvalue weighted by Gasteiger charge is -2.38. The zero-order valence-corrected chi connectivity index (χ0v) is 23.7. The molecule has 218 valence electrons. The number of aliphatic hydroxyl groups is 1. The van der Waals surface area contributed by atoms with E-state index < -0.39 is 17.2 Å². The van der Waals surface area contributed by atoms with E-state index in [0.29, 0.717) is 22.3 Å². The van der Waals surface area contributed by atoms with E-state index >= 15 is 4.39 Å². The molecule has 3 N–H and O–H groups in total. The minimum atomic E-state index is -1.20. The molecule has 3 atom stereocenters. The van der Waals surface area contributed by atoms with Gasteiger partial charge in [0.15, 0.2) is 5.82 Å². The molecule has 0 aliphatic carbocycles. The summed E-state index contributed by atoms with van der Waals surface area (Å²) >= 11 is 0. The summed E-state index contributed by atoms with van der Waals surface area (Å²) in [5, 5.41) is 37.7. The van der Waals surface area contributed by atoms with Gasteiger partial charge in [-0.15, -0.1) is 5.10 Å². The molecule has 0 saturated carbocycles. The molecule has 1 aromatic heterocycles. The maximum atomic E-state index is 16.2. The summed E-state index contributed by atoms with van der Waals surface area (Å²) in [4.78, 5) is 15.7. The fraction of sp³-hybridized carbons (Fsp3) is 0.344. The predicted molar refractivity (Wildman–Crippen MR) is 154 cm³/mol. The molecule has 2 fully saturated rings. The Bertz CT molecular complexity index is 1850. The Morgan fingerprint density at radius 3 is 2.40 bits per heavy atom. The van der Waals surface area contributed by atoms with Crippen LogP contribution in [0.25, 0.3) is 33.3 Å². The number of nitrogens with two attached hydrogens (primary N) is 1. The third-order valence-electron chi connectivity index (χ3n) is 8.34. The zero-order chi connectivity index (χ0) is 30.6. The number of benzene rings is 3. The van der Waals surface area contributed by atoms with Crippen LogP contribution in [0.3, 0.4) is 0 Å². The van der Waals surface area contributed by atoms with Gasteiger partial charge >= 0.3 is 0 Å². The van der Waals surface area contributed by atoms with Crippen LogP contribution in [0.4, 0.5) is 8.78 Å². The number of nitriles is 2. The average molecular weight is 582 g/mol. The largest absolute Gasteiger partial charge is 0.389 e. The van der Waals surface area contributed by atoms with E-state index in [1.165, 1.54) is 22.9 Å². The monoisotopic (exact) mass is 581 g/mol. The van der Waals surface area contributed by atoms with Crippen molar-refractivity contribution in [1.82, 2.24) is 19.9 Å². The van der Waals surface area contributed by atoms with Crippen molar-refractivity contribution >= 4 is 16.9 Å². The molecular formula is C32H29F2N7O2. The Hall–Kier alpha value is -4.71. The Kier molecular flexibility index (Phi) is 6.96. The summed E-state index contributed by atoms with van der Waals surface area (Å²) in [5.41, 5.74) is 6.28. The highest BCUT2D eigenvalue weighted by molar-refractivity contribution is 5.99. The first kappa shape index (κ1) is 28.4. The fourth-order valence-electron chi connectivity index (χ4n) is 6.52. The van der Waals surface area contributed by atoms with Crippen LogP contribution in [0.2, 0.25) is 0 Å². The number of piperidine rings is 1. The quantitative estimate of drug-likeness (QED) is 0.349. The number of aromatic nitrogens is 3. The van der Waals surface area contributed by atoms with Gasteiger partial charge in [-0.05, 0) is 86.6 Å². The van der Waals surface area contributed by atoms with Gasteiger partial charge in [-0.3, -0.25) is 4.79 Å². The molecule has 2 saturated heterocycles. The second-order valence-electron chi connectivity index (χ2n) is 12.0. The molecule has 0 radical (unpaired) electrons. The molecule has 2 bridgehead atoms. The molecule has 6 rings (SSSR count). The van der Waals surface area contributed by atoms with Gasteiger partial charge in [0.25, 0.3) is 5.91 Å². The highest BCUT2D eigenvalue weighted by Crippen LogP contribution is 2.40. The number of hydrogen-bond donors (Lipinski definition) is 2. The van der Waals surface area contributed by atoms with Crippen LogP contribution < -0.4 is 5.73 Å². The lowest BCUT2D eigenvalue weighted by atomic mass is 9.90. The fourth-order valence-corrected chi connectivity index (χ4v) is 6.52. The van der Waals surface area contributed by atoms with Crippen LogP contribution in [0.5, 0.6) is 0 Å². The molecule has 3 aromatic carbocycles. The smallest absolute Gasteiger partial charge is 0.254 e. The summed E-state index contributed by atoms with van der Waals surface area (Å²) < 4.78 is 32.3. The summed E-state index contributed by atoms with van der Waals surface area (Å²) in [5.74, 6) is -1.77. The van der Waals surface area contributed by atoms with Gasteiger partial charge in [-0.1, -0.05) is 17.3 Å². The zero-order valence-electron chi connectivity index (χ0n) is 23.7. The number of carbonyl (C=O) groups is 1. The minimum absolute atomic E-state index is 0.0159. The number of amides is 1. The molecule has 9 nitrogen and oxygen atoms in total. The Labute approximate surface area is 246 Å². The van der Waals surface area contributed by atoms with E-state index in [-0.39, 0.29) is 58.3 Å². The highest BCUT2D eigenvalue weighted by atomic mass is 19.1. The van der Waals surface area contributed by atoms with Crippen LogP contribution in [-0.4, -0.2) is 54.6 Å². The van der Waals surface area contributed by atoms with Crippen LogP contribution in [0, 0.1) is 34.3 Å². The van der Waals surface area contributed by atoms with Crippen molar-refractivity contribution in [1.29, 1.82) is 10.5 Å². The standard InChI is InChI=1S/C32H29F2N7O2/c1-32(2,43)16-40-30-26(15-36)29(34)25(13-28(30)38-39-40)23-8-5-18(9-24(23)17-3-4-19(14-35)27(33)10-17)31(42)41-21-6-7-22(41)12-20(37)11-21/h3-5,8-10,13,20-22,43H,6-7,11-12,16,37H2,1-2H3/t20?,21-,22+. The molecule has 2 aliphatic heterocycles. The molecule has 1 unspecified atom stereocenters. The van der Waals surface area contributed by atoms with Crippen molar-refractivity contribution in [3.63, 3.8) is 0 Å². The maximum absolute atomic E-state index is 16.2. The topological polar surface area (TPSA) is 145 Å². The second kappa shape index (κ2) is 10.5. The summed E-state index contributed by atoms with van der Waals surface area (Å²) in [6, 6.07) is 14.1. The number of rotatable bonds is 5. The summed E-state index contributed by atoms with van der Waals surface area (Å²) in [6.07, 6.45) is 3.22. The molecule has 3 heterocycles. The molecular weight excluding hydrogens is 552 g/mol. The summed E-state index contributed by atoms with van der Waals surface area (Å²) in [6.45, 7) is 3.10. The van der Waals surface area contributed by atoms with Gasteiger partial charge in [-0.25, -0.2) is 13.5 Å². The number of halogens is 2. The van der Waals surface area contributed by atoms with Crippen molar-refractivity contribution in [3.05, 3.63) is 70.8 Å². The molecule has 2 aliphatic rings. The predicted octanol–water partition coefficient (Wildman–Crippen LogP) is 4.65. The number of fused-ring (bicyclic) bond motifs is 3. The molecule has 4 aromatic rings. The molecule has 1 amide bonds. The van der Waals surface area contributed by atoms with Gasteiger partial charge in [-0.2, -0.15) is 10.5 Å². The first-order valence-corrected chi connectivity index (χ1v) is 14.1. The van der Waals surface area contributed by atoms with Crippen molar-refractivity contribution in [2.75, 3.05) is 0 Å². The van der Waals surface area contributed by atoms with Crippen LogP contribution in [0.15, 0.2) is 42.5 Å². The first-order chi connectivity index (χ1) is 20.5. The lowest BCUT2D eigenvalue weighted by Crippen LogP contribution is -2.50. The molecule has 11 heteroatoms. The van der Waals surface area contributed by atoms with Gasteiger partial charge in [0, 0.05) is 29.3 Å². The van der Waals surface area contributed by atoms with Crippen molar-refractivity contribution in [3.8, 4) is 34.4 Å². The Morgan fingerprint density at radius 2 is 1.77 bits per heavy atom. The van der Waals surface area contributed by atoms with E-state index in [1.807, 2.05) is 11.0 Å². The van der Waals surface area contributed by atoms with Crippen molar-refractivity contribution < 1.29 is 18.7 Å². The van der Waals surface area contributed by atoms with Gasteiger partial charge in [0.1, 0.15) is 34.6 Å². The lowest BCUT2D eigenvalue weighted by molar-refractivity contribution is 0.0571. The number of carbonyl (C=O) groups excluding carboxylic acids is 1. The Balaban J connectivity index is 1.52. The van der Waals surface area contributed by atoms with Crippen LogP contribution in [-0.2, 0) is 6.54 Å². The minimum Gasteiger partial charge on any atom is -0.389 e. The van der Waals surface area contributed by atoms with E-state index in [0.717, 1.165) is 25.7 Å². The van der Waals surface area contributed by atoms with Gasteiger partial charge in [0.05, 0.1) is 17.7 Å². The molecule has 43 heavy (non-hydrogen) atoms. The van der Waals surface area contributed by atoms with Crippen molar-refractivity contribution in [2.45, 2.75) is 69.8 Å². The van der Waals surface area contributed by atoms with E-state index in [1.54, 1.807) is 44.2 Å². The highest BCUT2D eigenvalue weighted by Gasteiger charge is 2.42. The maximum Gasteiger partial charge on any atom is 0.254 e. The van der Waals surface area contributed by atoms with E-state index in [9.17, 15) is 24.8 Å². The van der Waals surface area contributed by atoms with Gasteiger partial charge in [0.2, 0.25) is 0 Å². The average Bonchev–Trinajstić information content (AvgIpc) is 3.48. The Morgan fingerprint density at radius 1 is 1.05 bits per heavy atom.